The van der Waals surface area contributed by atoms with Gasteiger partial charge in [0.2, 0.25) is 0 Å². The summed E-state index contributed by atoms with van der Waals surface area (Å²) in [5.74, 6) is 0. The number of fused-ring (bicyclic) bond motifs is 1. The van der Waals surface area contributed by atoms with Gasteiger partial charge in [-0.3, -0.25) is 4.79 Å². The Hall–Kier alpha value is -1.41. The highest BCUT2D eigenvalue weighted by atomic mass is 32.1. The molecule has 0 unspecified atom stereocenters. The van der Waals surface area contributed by atoms with Crippen LogP contribution in [-0.2, 0) is 0 Å². The molecule has 0 radical (unpaired) electrons. The minimum absolute atomic E-state index is 0.767. The lowest BCUT2D eigenvalue weighted by molar-refractivity contribution is 0.112. The number of carbonyl (C=O) groups is 1. The number of aldehydes is 1. The van der Waals surface area contributed by atoms with Gasteiger partial charge < -0.3 is 0 Å². The van der Waals surface area contributed by atoms with Crippen LogP contribution in [0.2, 0.25) is 0 Å². The van der Waals surface area contributed by atoms with E-state index in [0.29, 0.717) is 0 Å². The highest BCUT2D eigenvalue weighted by Gasteiger charge is 2.16. The lowest BCUT2D eigenvalue weighted by Crippen LogP contribution is -1.82. The van der Waals surface area contributed by atoms with Gasteiger partial charge in [0.25, 0.3) is 0 Å². The zero-order valence-corrected chi connectivity index (χ0v) is 10.6. The van der Waals surface area contributed by atoms with Crippen molar-refractivity contribution in [3.05, 3.63) is 40.3 Å². The minimum atomic E-state index is 0.767. The first-order valence-corrected chi connectivity index (χ1v) is 6.83. The van der Waals surface area contributed by atoms with E-state index < -0.39 is 0 Å². The average Bonchev–Trinajstić information content (AvgIpc) is 2.94. The van der Waals surface area contributed by atoms with Crippen molar-refractivity contribution in [2.24, 2.45) is 0 Å². The maximum absolute atomic E-state index is 10.8. The van der Waals surface area contributed by atoms with Crippen LogP contribution >= 0.6 is 11.3 Å². The molecule has 17 heavy (non-hydrogen) atoms. The topological polar surface area (TPSA) is 17.1 Å². The minimum Gasteiger partial charge on any atom is -0.298 e. The molecule has 1 aromatic carbocycles. The molecule has 0 fully saturated rings. The van der Waals surface area contributed by atoms with Gasteiger partial charge in [0.05, 0.1) is 0 Å². The van der Waals surface area contributed by atoms with Crippen molar-refractivity contribution >= 4 is 33.3 Å². The summed E-state index contributed by atoms with van der Waals surface area (Å²) in [6, 6.07) is 5.99. The number of benzene rings is 1. The largest absolute Gasteiger partial charge is 0.298 e. The Bertz CT molecular complexity index is 619. The lowest BCUT2D eigenvalue weighted by Gasteiger charge is -2.02. The van der Waals surface area contributed by atoms with Gasteiger partial charge in [0.1, 0.15) is 6.29 Å². The van der Waals surface area contributed by atoms with E-state index in [2.05, 4.69) is 18.4 Å². The molecule has 0 bridgehead atoms. The Morgan fingerprint density at radius 2 is 2.18 bits per heavy atom. The van der Waals surface area contributed by atoms with E-state index in [-0.39, 0.29) is 0 Å². The third-order valence-corrected chi connectivity index (χ3v) is 4.50. The number of hydrogen-bond donors (Lipinski definition) is 0. The number of hydrogen-bond acceptors (Lipinski definition) is 2. The summed E-state index contributed by atoms with van der Waals surface area (Å²) in [6.45, 7) is 2.24. The second kappa shape index (κ2) is 4.11. The number of rotatable bonds is 2. The number of allylic oxidation sites excluding steroid dienone is 2. The van der Waals surface area contributed by atoms with Crippen LogP contribution < -0.4 is 0 Å². The third kappa shape index (κ3) is 1.73. The second-order valence-corrected chi connectivity index (χ2v) is 5.55. The summed E-state index contributed by atoms with van der Waals surface area (Å²) >= 11 is 1.74. The zero-order valence-electron chi connectivity index (χ0n) is 9.82. The molecule has 0 atom stereocenters. The quantitative estimate of drug-likeness (QED) is 0.699. The Morgan fingerprint density at radius 1 is 1.29 bits per heavy atom. The van der Waals surface area contributed by atoms with Crippen LogP contribution in [0.5, 0.6) is 0 Å². The van der Waals surface area contributed by atoms with E-state index >= 15 is 0 Å². The van der Waals surface area contributed by atoms with Gasteiger partial charge in [-0.1, -0.05) is 17.7 Å². The molecule has 1 nitrogen and oxygen atoms in total. The molecule has 3 rings (SSSR count). The molecule has 0 saturated heterocycles. The molecular formula is C15H14OS. The van der Waals surface area contributed by atoms with Crippen molar-refractivity contribution in [2.45, 2.75) is 26.2 Å². The maximum atomic E-state index is 10.8. The molecule has 1 aliphatic carbocycles. The number of thiophene rings is 1. The Labute approximate surface area is 105 Å². The fraction of sp³-hybridized carbons (Fsp3) is 0.267. The van der Waals surface area contributed by atoms with Gasteiger partial charge in [-0.05, 0) is 54.2 Å². The first kappa shape index (κ1) is 10.7. The molecule has 0 aliphatic heterocycles. The maximum Gasteiger partial charge on any atom is 0.150 e. The van der Waals surface area contributed by atoms with Crippen LogP contribution in [-0.4, -0.2) is 6.29 Å². The van der Waals surface area contributed by atoms with Gasteiger partial charge in [-0.2, -0.15) is 0 Å². The Morgan fingerprint density at radius 3 is 2.88 bits per heavy atom. The van der Waals surface area contributed by atoms with E-state index in [1.807, 2.05) is 12.1 Å². The van der Waals surface area contributed by atoms with Crippen LogP contribution in [0.3, 0.4) is 0 Å². The van der Waals surface area contributed by atoms with Gasteiger partial charge in [-0.15, -0.1) is 11.3 Å². The predicted octanol–water partition coefficient (Wildman–Crippen LogP) is 4.67. The Balaban J connectivity index is 2.19. The van der Waals surface area contributed by atoms with Crippen LogP contribution in [0.4, 0.5) is 0 Å². The summed E-state index contributed by atoms with van der Waals surface area (Å²) in [5, 5.41) is 3.54. The first-order chi connectivity index (χ1) is 8.29. The summed E-state index contributed by atoms with van der Waals surface area (Å²) in [6.07, 6.45) is 4.63. The molecule has 1 heterocycles. The first-order valence-electron chi connectivity index (χ1n) is 5.95. The SMILES string of the molecule is CC1=C(c2csc3cc(C=O)ccc23)CCC1. The summed E-state index contributed by atoms with van der Waals surface area (Å²) in [5.41, 5.74) is 5.21. The van der Waals surface area contributed by atoms with Crippen molar-refractivity contribution in [3.63, 3.8) is 0 Å². The molecule has 0 N–H and O–H groups in total. The molecule has 2 heteroatoms. The van der Waals surface area contributed by atoms with E-state index in [1.165, 1.54) is 46.1 Å². The molecule has 0 amide bonds. The second-order valence-electron chi connectivity index (χ2n) is 4.64. The number of carbonyl (C=O) groups excluding carboxylic acids is 1. The standard InChI is InChI=1S/C15H14OS/c1-10-3-2-4-12(10)14-9-17-15-7-11(8-16)5-6-13(14)15/h5-9H,2-4H2,1H3. The van der Waals surface area contributed by atoms with Crippen LogP contribution in [0, 0.1) is 0 Å². The van der Waals surface area contributed by atoms with Crippen molar-refractivity contribution in [2.75, 3.05) is 0 Å². The van der Waals surface area contributed by atoms with Gasteiger partial charge >= 0.3 is 0 Å². The fourth-order valence-corrected chi connectivity index (χ4v) is 3.63. The lowest BCUT2D eigenvalue weighted by atomic mass is 10.0. The van der Waals surface area contributed by atoms with Crippen molar-refractivity contribution < 1.29 is 4.79 Å². The summed E-state index contributed by atoms with van der Waals surface area (Å²) in [4.78, 5) is 10.8. The summed E-state index contributed by atoms with van der Waals surface area (Å²) < 4.78 is 1.22. The van der Waals surface area contributed by atoms with Gasteiger partial charge in [0, 0.05) is 10.3 Å². The third-order valence-electron chi connectivity index (χ3n) is 3.55. The Kier molecular flexibility index (Phi) is 2.60. The molecular weight excluding hydrogens is 228 g/mol. The summed E-state index contributed by atoms with van der Waals surface area (Å²) in [7, 11) is 0. The predicted molar refractivity (Wildman–Crippen MR) is 73.7 cm³/mol. The normalized spacial score (nSPS) is 15.8. The van der Waals surface area contributed by atoms with Crippen LogP contribution in [0.25, 0.3) is 15.7 Å². The monoisotopic (exact) mass is 242 g/mol. The average molecular weight is 242 g/mol. The molecule has 86 valence electrons. The van der Waals surface area contributed by atoms with Gasteiger partial charge in [0.15, 0.2) is 0 Å². The highest BCUT2D eigenvalue weighted by Crippen LogP contribution is 2.39. The van der Waals surface area contributed by atoms with Crippen LogP contribution in [0.1, 0.15) is 42.1 Å². The van der Waals surface area contributed by atoms with E-state index in [4.69, 9.17) is 0 Å². The fourth-order valence-electron chi connectivity index (χ4n) is 2.61. The smallest absolute Gasteiger partial charge is 0.150 e. The van der Waals surface area contributed by atoms with E-state index in [9.17, 15) is 4.79 Å². The van der Waals surface area contributed by atoms with E-state index in [0.717, 1.165) is 11.8 Å². The van der Waals surface area contributed by atoms with Crippen molar-refractivity contribution in [1.29, 1.82) is 0 Å². The molecule has 0 saturated carbocycles. The van der Waals surface area contributed by atoms with Gasteiger partial charge in [-0.25, -0.2) is 0 Å². The molecule has 1 aromatic heterocycles. The van der Waals surface area contributed by atoms with Crippen molar-refractivity contribution in [3.8, 4) is 0 Å². The van der Waals surface area contributed by atoms with E-state index in [1.54, 1.807) is 11.3 Å². The molecule has 1 aliphatic rings. The molecule has 2 aromatic rings. The highest BCUT2D eigenvalue weighted by molar-refractivity contribution is 7.17. The molecule has 0 spiro atoms. The zero-order chi connectivity index (χ0) is 11.8. The van der Waals surface area contributed by atoms with Crippen molar-refractivity contribution in [1.82, 2.24) is 0 Å². The van der Waals surface area contributed by atoms with Crippen LogP contribution in [0.15, 0.2) is 29.2 Å².